The van der Waals surface area contributed by atoms with Gasteiger partial charge >= 0.3 is 0 Å². The third kappa shape index (κ3) is 4.22. The summed E-state index contributed by atoms with van der Waals surface area (Å²) in [5.41, 5.74) is 6.26. The second-order valence-corrected chi connectivity index (χ2v) is 3.65. The van der Waals surface area contributed by atoms with Gasteiger partial charge in [-0.3, -0.25) is 4.98 Å². The molecule has 0 aromatic carbocycles. The number of aliphatic hydroxyl groups is 1. The molecule has 8 heteroatoms. The molecule has 5 N–H and O–H groups in total. The first-order valence-corrected chi connectivity index (χ1v) is 5.11. The van der Waals surface area contributed by atoms with Crippen LogP contribution in [0.1, 0.15) is 11.3 Å². The molecule has 1 aromatic heterocycles. The topological polar surface area (TPSA) is 104 Å². The minimum Gasteiger partial charge on any atom is -0.409 e. The number of oxime groups is 1. The second-order valence-electron chi connectivity index (χ2n) is 3.65. The number of rotatable bonds is 6. The highest BCUT2D eigenvalue weighted by molar-refractivity contribution is 5.95. The first kappa shape index (κ1) is 14.3. The van der Waals surface area contributed by atoms with Gasteiger partial charge < -0.3 is 21.4 Å². The van der Waals surface area contributed by atoms with E-state index in [-0.39, 0.29) is 18.1 Å². The number of nitrogens with one attached hydrogen (secondary N) is 1. The van der Waals surface area contributed by atoms with Gasteiger partial charge in [-0.15, -0.1) is 0 Å². The average Bonchev–Trinajstić information content (AvgIpc) is 2.38. The van der Waals surface area contributed by atoms with Crippen LogP contribution < -0.4 is 11.1 Å². The van der Waals surface area contributed by atoms with Gasteiger partial charge in [0.25, 0.3) is 5.92 Å². The summed E-state index contributed by atoms with van der Waals surface area (Å²) in [6.45, 7) is -1.68. The first-order valence-electron chi connectivity index (χ1n) is 5.11. The van der Waals surface area contributed by atoms with Gasteiger partial charge in [-0.25, -0.2) is 8.78 Å². The molecule has 6 nitrogen and oxygen atoms in total. The lowest BCUT2D eigenvalue weighted by atomic mass is 10.2. The summed E-state index contributed by atoms with van der Waals surface area (Å²) in [7, 11) is 0. The van der Waals surface area contributed by atoms with Gasteiger partial charge in [-0.2, -0.15) is 0 Å². The van der Waals surface area contributed by atoms with E-state index in [0.717, 1.165) is 0 Å². The quantitative estimate of drug-likeness (QED) is 0.247. The Balaban J connectivity index is 2.58. The number of nitrogens with zero attached hydrogens (tertiary/aromatic N) is 2. The molecule has 1 rings (SSSR count). The zero-order valence-corrected chi connectivity index (χ0v) is 9.48. The summed E-state index contributed by atoms with van der Waals surface area (Å²) in [4.78, 5) is 3.85. The first-order chi connectivity index (χ1) is 8.48. The zero-order valence-electron chi connectivity index (χ0n) is 9.48. The third-order valence-corrected chi connectivity index (χ3v) is 2.14. The molecule has 0 unspecified atom stereocenters. The minimum absolute atomic E-state index is 0.155. The lowest BCUT2D eigenvalue weighted by Crippen LogP contribution is -2.35. The number of aromatic nitrogens is 1. The largest absolute Gasteiger partial charge is 0.409 e. The van der Waals surface area contributed by atoms with Crippen LogP contribution in [0.3, 0.4) is 0 Å². The maximum absolute atomic E-state index is 12.7. The molecular formula is C10H14F2N4O2. The van der Waals surface area contributed by atoms with Crippen LogP contribution >= 0.6 is 0 Å². The number of pyridine rings is 1. The van der Waals surface area contributed by atoms with Crippen molar-refractivity contribution in [1.29, 1.82) is 0 Å². The fraction of sp³-hybridized carbons (Fsp3) is 0.400. The second kappa shape index (κ2) is 6.22. The molecule has 0 saturated carbocycles. The Kier molecular flexibility index (Phi) is 4.93. The van der Waals surface area contributed by atoms with Gasteiger partial charge in [0.2, 0.25) is 0 Å². The molecular weight excluding hydrogens is 246 g/mol. The molecule has 0 spiro atoms. The van der Waals surface area contributed by atoms with E-state index in [1.54, 1.807) is 6.07 Å². The minimum atomic E-state index is -3.15. The van der Waals surface area contributed by atoms with E-state index >= 15 is 0 Å². The molecule has 0 radical (unpaired) electrons. The van der Waals surface area contributed by atoms with Crippen LogP contribution in [0.5, 0.6) is 0 Å². The Hall–Kier alpha value is -1.80. The molecule has 0 aliphatic rings. The summed E-state index contributed by atoms with van der Waals surface area (Å²) >= 11 is 0. The Labute approximate surface area is 102 Å². The molecule has 1 heterocycles. The number of halogens is 2. The SMILES string of the molecule is N/C(=N/O)c1cc(CNCC(F)(F)CO)ccn1. The maximum atomic E-state index is 12.7. The van der Waals surface area contributed by atoms with Crippen LogP contribution in [0, 0.1) is 0 Å². The van der Waals surface area contributed by atoms with Gasteiger partial charge in [0.1, 0.15) is 12.3 Å². The number of alkyl halides is 2. The number of hydrogen-bond acceptors (Lipinski definition) is 5. The van der Waals surface area contributed by atoms with Crippen molar-refractivity contribution >= 4 is 5.84 Å². The Bertz CT molecular complexity index is 426. The van der Waals surface area contributed by atoms with E-state index in [1.807, 2.05) is 0 Å². The fourth-order valence-electron chi connectivity index (χ4n) is 1.22. The van der Waals surface area contributed by atoms with Crippen molar-refractivity contribution in [1.82, 2.24) is 10.3 Å². The Morgan fingerprint density at radius 2 is 2.28 bits per heavy atom. The van der Waals surface area contributed by atoms with Gasteiger partial charge in [0, 0.05) is 12.7 Å². The van der Waals surface area contributed by atoms with Gasteiger partial charge in [0.05, 0.1) is 6.54 Å². The Morgan fingerprint density at radius 1 is 1.56 bits per heavy atom. The third-order valence-electron chi connectivity index (χ3n) is 2.14. The van der Waals surface area contributed by atoms with Crippen LogP contribution in [0.4, 0.5) is 8.78 Å². The molecule has 0 aliphatic carbocycles. The van der Waals surface area contributed by atoms with Crippen LogP contribution in [0.25, 0.3) is 0 Å². The number of aliphatic hydroxyl groups excluding tert-OH is 1. The average molecular weight is 260 g/mol. The molecule has 18 heavy (non-hydrogen) atoms. The van der Waals surface area contributed by atoms with Crippen molar-refractivity contribution in [3.63, 3.8) is 0 Å². The summed E-state index contributed by atoms with van der Waals surface area (Å²) in [6, 6.07) is 3.12. The van der Waals surface area contributed by atoms with E-state index in [9.17, 15) is 8.78 Å². The normalized spacial score (nSPS) is 12.7. The van der Waals surface area contributed by atoms with Crippen molar-refractivity contribution < 1.29 is 19.1 Å². The van der Waals surface area contributed by atoms with Gasteiger partial charge in [-0.05, 0) is 17.7 Å². The zero-order chi connectivity index (χ0) is 13.6. The predicted molar refractivity (Wildman–Crippen MR) is 60.5 cm³/mol. The van der Waals surface area contributed by atoms with Crippen LogP contribution in [-0.2, 0) is 6.54 Å². The van der Waals surface area contributed by atoms with E-state index in [4.69, 9.17) is 16.0 Å². The summed E-state index contributed by atoms with van der Waals surface area (Å²) in [5, 5.41) is 22.1. The van der Waals surface area contributed by atoms with Crippen molar-refractivity contribution in [3.05, 3.63) is 29.6 Å². The van der Waals surface area contributed by atoms with Crippen LogP contribution in [0.2, 0.25) is 0 Å². The van der Waals surface area contributed by atoms with Crippen molar-refractivity contribution in [2.24, 2.45) is 10.9 Å². The van der Waals surface area contributed by atoms with Crippen LogP contribution in [0.15, 0.2) is 23.5 Å². The molecule has 0 fully saturated rings. The van der Waals surface area contributed by atoms with E-state index < -0.39 is 19.1 Å². The summed E-state index contributed by atoms with van der Waals surface area (Å²) in [6.07, 6.45) is 1.43. The van der Waals surface area contributed by atoms with Crippen LogP contribution in [-0.4, -0.2) is 40.2 Å². The van der Waals surface area contributed by atoms with E-state index in [2.05, 4.69) is 15.5 Å². The molecule has 0 aliphatic heterocycles. The maximum Gasteiger partial charge on any atom is 0.282 e. The van der Waals surface area contributed by atoms with E-state index in [1.165, 1.54) is 12.3 Å². The van der Waals surface area contributed by atoms with Gasteiger partial charge in [-0.1, -0.05) is 5.16 Å². The highest BCUT2D eigenvalue weighted by Gasteiger charge is 2.26. The van der Waals surface area contributed by atoms with E-state index in [0.29, 0.717) is 5.56 Å². The predicted octanol–water partition coefficient (Wildman–Crippen LogP) is -0.107. The number of amidine groups is 1. The fourth-order valence-corrected chi connectivity index (χ4v) is 1.22. The standard InChI is InChI=1S/C10H14F2N4O2/c11-10(12,6-17)5-14-4-7-1-2-15-8(3-7)9(13)16-18/h1-3,14,17-18H,4-6H2,(H2,13,16). The molecule has 0 bridgehead atoms. The van der Waals surface area contributed by atoms with Crippen molar-refractivity contribution in [2.45, 2.75) is 12.5 Å². The monoisotopic (exact) mass is 260 g/mol. The molecule has 0 atom stereocenters. The lowest BCUT2D eigenvalue weighted by Gasteiger charge is -2.14. The molecule has 0 saturated heterocycles. The molecule has 1 aromatic rings. The van der Waals surface area contributed by atoms with Crippen molar-refractivity contribution in [3.8, 4) is 0 Å². The Morgan fingerprint density at radius 3 is 2.89 bits per heavy atom. The molecule has 0 amide bonds. The molecule has 100 valence electrons. The van der Waals surface area contributed by atoms with Gasteiger partial charge in [0.15, 0.2) is 5.84 Å². The van der Waals surface area contributed by atoms with Crippen molar-refractivity contribution in [2.75, 3.05) is 13.2 Å². The number of hydrogen-bond donors (Lipinski definition) is 4. The summed E-state index contributed by atoms with van der Waals surface area (Å²) in [5.74, 6) is -3.31. The smallest absolute Gasteiger partial charge is 0.282 e. The highest BCUT2D eigenvalue weighted by Crippen LogP contribution is 2.10. The summed E-state index contributed by atoms with van der Waals surface area (Å²) < 4.78 is 25.4. The number of nitrogens with two attached hydrogens (primary N) is 1. The lowest BCUT2D eigenvalue weighted by molar-refractivity contribution is -0.0477. The highest BCUT2D eigenvalue weighted by atomic mass is 19.3.